The number of aromatic nitrogens is 2. The van der Waals surface area contributed by atoms with E-state index in [1.165, 1.54) is 8.87 Å². The molecule has 24 heavy (non-hydrogen) atoms. The zero-order valence-electron chi connectivity index (χ0n) is 14.6. The van der Waals surface area contributed by atoms with Gasteiger partial charge in [0.1, 0.15) is 5.82 Å². The Hall–Kier alpha value is -1.74. The number of piperazine rings is 1. The van der Waals surface area contributed by atoms with Gasteiger partial charge in [0.15, 0.2) is 0 Å². The fraction of sp³-hybridized carbons (Fsp3) is 0.667. The number of hydrogen-bond donors (Lipinski definition) is 0. The second-order valence-electron chi connectivity index (χ2n) is 5.95. The molecule has 1 fully saturated rings. The molecule has 1 amide bonds. The molecular formula is C15H24N4O4S. The molecule has 0 bridgehead atoms. The minimum atomic E-state index is -3.21. The van der Waals surface area contributed by atoms with Crippen LogP contribution in [0.25, 0.3) is 0 Å². The third-order valence-corrected chi connectivity index (χ3v) is 6.39. The number of amides is 1. The maximum atomic E-state index is 12.5. The van der Waals surface area contributed by atoms with Crippen molar-refractivity contribution in [1.82, 2.24) is 18.8 Å². The van der Waals surface area contributed by atoms with Crippen molar-refractivity contribution in [1.29, 1.82) is 0 Å². The minimum Gasteiger partial charge on any atom is -0.340 e. The molecule has 1 aromatic rings. The van der Waals surface area contributed by atoms with Gasteiger partial charge in [-0.25, -0.2) is 13.4 Å². The van der Waals surface area contributed by atoms with Gasteiger partial charge in [-0.2, -0.15) is 4.31 Å². The number of rotatable bonds is 4. The average molecular weight is 356 g/mol. The van der Waals surface area contributed by atoms with Gasteiger partial charge in [0.05, 0.1) is 17.9 Å². The lowest BCUT2D eigenvalue weighted by Crippen LogP contribution is -2.51. The van der Waals surface area contributed by atoms with Gasteiger partial charge in [0.2, 0.25) is 15.9 Å². The second-order valence-corrected chi connectivity index (χ2v) is 8.21. The van der Waals surface area contributed by atoms with Gasteiger partial charge in [-0.3, -0.25) is 14.2 Å². The summed E-state index contributed by atoms with van der Waals surface area (Å²) < 4.78 is 26.6. The summed E-state index contributed by atoms with van der Waals surface area (Å²) in [5, 5.41) is 0. The summed E-state index contributed by atoms with van der Waals surface area (Å²) in [6, 6.07) is 0. The normalized spacial score (nSPS) is 16.4. The Balaban J connectivity index is 2.07. The van der Waals surface area contributed by atoms with Crippen molar-refractivity contribution in [2.24, 2.45) is 7.05 Å². The average Bonchev–Trinajstić information content (AvgIpc) is 2.57. The van der Waals surface area contributed by atoms with Crippen LogP contribution >= 0.6 is 0 Å². The Morgan fingerprint density at radius 2 is 1.75 bits per heavy atom. The quantitative estimate of drug-likeness (QED) is 0.721. The summed E-state index contributed by atoms with van der Waals surface area (Å²) in [4.78, 5) is 30.5. The predicted octanol–water partition coefficient (Wildman–Crippen LogP) is -0.566. The van der Waals surface area contributed by atoms with E-state index in [4.69, 9.17) is 0 Å². The summed E-state index contributed by atoms with van der Waals surface area (Å²) in [7, 11) is -1.56. The van der Waals surface area contributed by atoms with Crippen molar-refractivity contribution in [3.8, 4) is 0 Å². The molecule has 0 unspecified atom stereocenters. The van der Waals surface area contributed by atoms with E-state index >= 15 is 0 Å². The van der Waals surface area contributed by atoms with E-state index < -0.39 is 10.0 Å². The molecule has 1 aliphatic rings. The summed E-state index contributed by atoms with van der Waals surface area (Å²) in [6.07, 6.45) is 0.0588. The maximum absolute atomic E-state index is 12.5. The Labute approximate surface area is 142 Å². The third kappa shape index (κ3) is 3.67. The summed E-state index contributed by atoms with van der Waals surface area (Å²) in [6.45, 7) is 6.35. The lowest BCUT2D eigenvalue weighted by molar-refractivity contribution is -0.131. The van der Waals surface area contributed by atoms with Crippen molar-refractivity contribution >= 4 is 15.9 Å². The van der Waals surface area contributed by atoms with E-state index in [9.17, 15) is 18.0 Å². The molecule has 0 radical (unpaired) electrons. The number of hydrogen-bond acceptors (Lipinski definition) is 5. The van der Waals surface area contributed by atoms with Crippen molar-refractivity contribution < 1.29 is 13.2 Å². The minimum absolute atomic E-state index is 0.0588. The van der Waals surface area contributed by atoms with Crippen LogP contribution in [0.4, 0.5) is 0 Å². The van der Waals surface area contributed by atoms with E-state index in [0.29, 0.717) is 43.3 Å². The topological polar surface area (TPSA) is 92.6 Å². The highest BCUT2D eigenvalue weighted by molar-refractivity contribution is 7.89. The molecule has 0 spiro atoms. The monoisotopic (exact) mass is 356 g/mol. The first-order valence-corrected chi connectivity index (χ1v) is 9.57. The number of carbonyl (C=O) groups excluding carboxylic acids is 1. The molecule has 0 saturated carbocycles. The molecule has 134 valence electrons. The Morgan fingerprint density at radius 3 is 2.29 bits per heavy atom. The molecule has 0 aliphatic carbocycles. The van der Waals surface area contributed by atoms with E-state index in [0.717, 1.165) is 0 Å². The van der Waals surface area contributed by atoms with E-state index in [1.54, 1.807) is 32.7 Å². The van der Waals surface area contributed by atoms with Crippen molar-refractivity contribution in [2.45, 2.75) is 27.2 Å². The first-order valence-electron chi connectivity index (χ1n) is 7.96. The van der Waals surface area contributed by atoms with Gasteiger partial charge in [0.25, 0.3) is 5.56 Å². The number of carbonyl (C=O) groups is 1. The molecule has 8 nitrogen and oxygen atoms in total. The van der Waals surface area contributed by atoms with Crippen LogP contribution in [0.2, 0.25) is 0 Å². The molecule has 1 saturated heterocycles. The fourth-order valence-electron chi connectivity index (χ4n) is 2.70. The standard InChI is InChI=1S/C15H24N4O4S/c1-5-24(22,23)19-8-6-18(7-9-19)14(20)10-13-11(2)15(21)17(4)12(3)16-13/h5-10H2,1-4H3. The molecule has 2 heterocycles. The molecule has 2 rings (SSSR count). The maximum Gasteiger partial charge on any atom is 0.256 e. The summed E-state index contributed by atoms with van der Waals surface area (Å²) in [5.74, 6) is 0.496. The third-order valence-electron chi connectivity index (χ3n) is 4.51. The van der Waals surface area contributed by atoms with Gasteiger partial charge < -0.3 is 4.90 Å². The van der Waals surface area contributed by atoms with E-state index in [-0.39, 0.29) is 23.6 Å². The number of sulfonamides is 1. The SMILES string of the molecule is CCS(=O)(=O)N1CCN(C(=O)Cc2nc(C)n(C)c(=O)c2C)CC1. The zero-order chi connectivity index (χ0) is 18.1. The Bertz CT molecular complexity index is 792. The molecule has 1 aliphatic heterocycles. The highest BCUT2D eigenvalue weighted by Crippen LogP contribution is 2.10. The van der Waals surface area contributed by atoms with Gasteiger partial charge in [-0.15, -0.1) is 0 Å². The van der Waals surface area contributed by atoms with Gasteiger partial charge in [0, 0.05) is 38.8 Å². The molecule has 0 aromatic carbocycles. The molecule has 0 atom stereocenters. The Kier molecular flexibility index (Phi) is 5.44. The lowest BCUT2D eigenvalue weighted by atomic mass is 10.1. The first-order chi connectivity index (χ1) is 11.2. The highest BCUT2D eigenvalue weighted by atomic mass is 32.2. The largest absolute Gasteiger partial charge is 0.340 e. The van der Waals surface area contributed by atoms with Gasteiger partial charge >= 0.3 is 0 Å². The number of aryl methyl sites for hydroxylation is 1. The second kappa shape index (κ2) is 7.02. The summed E-state index contributed by atoms with van der Waals surface area (Å²) in [5.41, 5.74) is 0.817. The van der Waals surface area contributed by atoms with Crippen LogP contribution in [-0.4, -0.2) is 65.0 Å². The van der Waals surface area contributed by atoms with Crippen LogP contribution in [0.1, 0.15) is 24.0 Å². The molecule has 9 heteroatoms. The lowest BCUT2D eigenvalue weighted by Gasteiger charge is -2.33. The van der Waals surface area contributed by atoms with E-state index in [2.05, 4.69) is 4.98 Å². The van der Waals surface area contributed by atoms with Crippen LogP contribution in [0.5, 0.6) is 0 Å². The van der Waals surface area contributed by atoms with Crippen molar-refractivity contribution in [2.75, 3.05) is 31.9 Å². The van der Waals surface area contributed by atoms with Crippen LogP contribution in [0.15, 0.2) is 4.79 Å². The van der Waals surface area contributed by atoms with Crippen LogP contribution in [-0.2, 0) is 28.3 Å². The Morgan fingerprint density at radius 1 is 1.17 bits per heavy atom. The van der Waals surface area contributed by atoms with Gasteiger partial charge in [-0.1, -0.05) is 0 Å². The first kappa shape index (κ1) is 18.6. The van der Waals surface area contributed by atoms with Crippen LogP contribution < -0.4 is 5.56 Å². The zero-order valence-corrected chi connectivity index (χ0v) is 15.4. The van der Waals surface area contributed by atoms with Crippen LogP contribution in [0, 0.1) is 13.8 Å². The fourth-order valence-corrected chi connectivity index (χ4v) is 3.79. The summed E-state index contributed by atoms with van der Waals surface area (Å²) >= 11 is 0. The van der Waals surface area contributed by atoms with Crippen molar-refractivity contribution in [3.05, 3.63) is 27.4 Å². The van der Waals surface area contributed by atoms with Crippen LogP contribution in [0.3, 0.4) is 0 Å². The number of nitrogens with zero attached hydrogens (tertiary/aromatic N) is 4. The van der Waals surface area contributed by atoms with Crippen molar-refractivity contribution in [3.63, 3.8) is 0 Å². The predicted molar refractivity (Wildman–Crippen MR) is 90.3 cm³/mol. The highest BCUT2D eigenvalue weighted by Gasteiger charge is 2.28. The molecular weight excluding hydrogens is 332 g/mol. The van der Waals surface area contributed by atoms with Gasteiger partial charge in [-0.05, 0) is 20.8 Å². The molecule has 0 N–H and O–H groups in total. The smallest absolute Gasteiger partial charge is 0.256 e. The molecule has 1 aromatic heterocycles. The van der Waals surface area contributed by atoms with E-state index in [1.807, 2.05) is 0 Å².